The number of aromatic nitrogens is 1. The van der Waals surface area contributed by atoms with E-state index in [1.54, 1.807) is 12.1 Å². The second kappa shape index (κ2) is 10.2. The summed E-state index contributed by atoms with van der Waals surface area (Å²) >= 11 is 0. The summed E-state index contributed by atoms with van der Waals surface area (Å²) in [5.74, 6) is -0.358. The summed E-state index contributed by atoms with van der Waals surface area (Å²) in [6.07, 6.45) is -4.59. The fourth-order valence-corrected chi connectivity index (χ4v) is 4.67. The van der Waals surface area contributed by atoms with Gasteiger partial charge in [-0.3, -0.25) is 4.79 Å². The highest BCUT2D eigenvalue weighted by molar-refractivity contribution is 6.11. The van der Waals surface area contributed by atoms with Crippen LogP contribution < -0.4 is 15.0 Å². The van der Waals surface area contributed by atoms with Crippen molar-refractivity contribution in [3.05, 3.63) is 77.2 Å². The van der Waals surface area contributed by atoms with Crippen LogP contribution in [-0.2, 0) is 10.9 Å². The van der Waals surface area contributed by atoms with Crippen molar-refractivity contribution in [2.24, 2.45) is 0 Å². The number of benzene rings is 2. The number of furan rings is 1. The van der Waals surface area contributed by atoms with Crippen LogP contribution in [0.15, 0.2) is 59.1 Å². The maximum Gasteiger partial charge on any atom is 0.417 e. The molecule has 5 rings (SSSR count). The van der Waals surface area contributed by atoms with Gasteiger partial charge in [0.15, 0.2) is 0 Å². The van der Waals surface area contributed by atoms with Crippen LogP contribution in [0.3, 0.4) is 0 Å². The summed E-state index contributed by atoms with van der Waals surface area (Å²) in [5.41, 5.74) is 2.16. The van der Waals surface area contributed by atoms with Crippen LogP contribution >= 0.6 is 0 Å². The molecule has 1 aliphatic rings. The van der Waals surface area contributed by atoms with Crippen molar-refractivity contribution in [3.8, 4) is 17.2 Å². The van der Waals surface area contributed by atoms with Gasteiger partial charge < -0.3 is 24.1 Å². The molecule has 0 radical (unpaired) electrons. The topological polar surface area (TPSA) is 76.8 Å². The largest absolute Gasteiger partial charge is 0.475 e. The van der Waals surface area contributed by atoms with E-state index in [0.29, 0.717) is 34.4 Å². The normalized spacial score (nSPS) is 17.6. The van der Waals surface area contributed by atoms with Gasteiger partial charge in [0, 0.05) is 61.2 Å². The highest BCUT2D eigenvalue weighted by Gasteiger charge is 2.32. The molecule has 1 amide bonds. The molecule has 4 aromatic rings. The smallest absolute Gasteiger partial charge is 0.417 e. The van der Waals surface area contributed by atoms with Gasteiger partial charge in [-0.15, -0.1) is 0 Å². The Hall–Kier alpha value is -4.12. The van der Waals surface area contributed by atoms with Gasteiger partial charge >= 0.3 is 6.18 Å². The lowest BCUT2D eigenvalue weighted by atomic mass is 10.00. The molecule has 7 nitrogen and oxygen atoms in total. The second-order valence-corrected chi connectivity index (χ2v) is 9.27. The van der Waals surface area contributed by atoms with Crippen molar-refractivity contribution in [2.75, 3.05) is 32.1 Å². The number of amides is 1. The van der Waals surface area contributed by atoms with Gasteiger partial charge in [-0.05, 0) is 43.3 Å². The van der Waals surface area contributed by atoms with E-state index in [1.807, 2.05) is 31.0 Å². The molecule has 1 aliphatic heterocycles. The van der Waals surface area contributed by atoms with Gasteiger partial charge in [0.05, 0.1) is 17.2 Å². The maximum absolute atomic E-state index is 13.5. The molecule has 0 saturated carbocycles. The molecular weight excluding hydrogens is 518 g/mol. The second-order valence-electron chi connectivity index (χ2n) is 9.27. The molecule has 0 aliphatic carbocycles. The van der Waals surface area contributed by atoms with Crippen LogP contribution in [0.4, 0.5) is 23.2 Å². The SMILES string of the molecule is CNC(=O)c1c(-c2ccc(F)cc2)oc2cc3c(cc12)[C@H](C)O[C@H](COc1ccc(C(F)(F)F)cn1)CN3C. The maximum atomic E-state index is 13.5. The molecule has 204 valence electrons. The van der Waals surface area contributed by atoms with Gasteiger partial charge in [-0.1, -0.05) is 0 Å². The predicted molar refractivity (Wildman–Crippen MR) is 136 cm³/mol. The zero-order chi connectivity index (χ0) is 27.9. The lowest BCUT2D eigenvalue weighted by molar-refractivity contribution is -0.137. The number of likely N-dealkylation sites (N-methyl/N-ethyl adjacent to an activating group) is 1. The molecule has 0 fully saturated rings. The number of halogens is 4. The van der Waals surface area contributed by atoms with Gasteiger partial charge in [0.1, 0.15) is 29.9 Å². The Balaban J connectivity index is 1.43. The van der Waals surface area contributed by atoms with Crippen LogP contribution in [0, 0.1) is 5.82 Å². The minimum atomic E-state index is -4.48. The molecule has 0 spiro atoms. The Morgan fingerprint density at radius 3 is 2.56 bits per heavy atom. The van der Waals surface area contributed by atoms with Crippen LogP contribution in [0.25, 0.3) is 22.3 Å². The number of hydrogen-bond donors (Lipinski definition) is 1. The monoisotopic (exact) mass is 543 g/mol. The molecular formula is C28H25F4N3O4. The van der Waals surface area contributed by atoms with Crippen molar-refractivity contribution in [1.82, 2.24) is 10.3 Å². The minimum absolute atomic E-state index is 0.0599. The number of nitrogens with one attached hydrogen (secondary N) is 1. The average Bonchev–Trinajstić information content (AvgIpc) is 3.23. The number of rotatable bonds is 5. The summed E-state index contributed by atoms with van der Waals surface area (Å²) < 4.78 is 69.9. The molecule has 2 aromatic heterocycles. The molecule has 39 heavy (non-hydrogen) atoms. The lowest BCUT2D eigenvalue weighted by Gasteiger charge is -2.22. The van der Waals surface area contributed by atoms with Crippen LogP contribution in [0.1, 0.15) is 34.5 Å². The van der Waals surface area contributed by atoms with E-state index >= 15 is 0 Å². The molecule has 0 saturated heterocycles. The summed E-state index contributed by atoms with van der Waals surface area (Å²) in [7, 11) is 3.40. The summed E-state index contributed by atoms with van der Waals surface area (Å²) in [6, 6.07) is 11.5. The van der Waals surface area contributed by atoms with E-state index in [2.05, 4.69) is 10.3 Å². The number of carbonyl (C=O) groups is 1. The summed E-state index contributed by atoms with van der Waals surface area (Å²) in [5, 5.41) is 3.23. The minimum Gasteiger partial charge on any atom is -0.475 e. The molecule has 11 heteroatoms. The highest BCUT2D eigenvalue weighted by Crippen LogP contribution is 2.41. The van der Waals surface area contributed by atoms with E-state index in [0.717, 1.165) is 23.5 Å². The van der Waals surface area contributed by atoms with Crippen LogP contribution in [0.5, 0.6) is 5.88 Å². The first kappa shape index (κ1) is 26.5. The average molecular weight is 544 g/mol. The third-order valence-corrected chi connectivity index (χ3v) is 6.60. The Labute approximate surface area is 221 Å². The first-order chi connectivity index (χ1) is 18.5. The van der Waals surface area contributed by atoms with Crippen molar-refractivity contribution in [2.45, 2.75) is 25.3 Å². The van der Waals surface area contributed by atoms with Gasteiger partial charge in [-0.25, -0.2) is 9.37 Å². The number of fused-ring (bicyclic) bond motifs is 2. The number of alkyl halides is 3. The van der Waals surface area contributed by atoms with E-state index < -0.39 is 29.8 Å². The number of nitrogens with zero attached hydrogens (tertiary/aromatic N) is 2. The zero-order valence-electron chi connectivity index (χ0n) is 21.3. The number of pyridine rings is 1. The molecule has 2 aromatic carbocycles. The summed E-state index contributed by atoms with van der Waals surface area (Å²) in [6.45, 7) is 2.35. The number of ether oxygens (including phenoxy) is 2. The van der Waals surface area contributed by atoms with Crippen molar-refractivity contribution in [3.63, 3.8) is 0 Å². The van der Waals surface area contributed by atoms with E-state index in [-0.39, 0.29) is 18.4 Å². The third kappa shape index (κ3) is 5.26. The van der Waals surface area contributed by atoms with E-state index in [4.69, 9.17) is 13.9 Å². The molecule has 2 atom stereocenters. The first-order valence-corrected chi connectivity index (χ1v) is 12.2. The van der Waals surface area contributed by atoms with E-state index in [1.165, 1.54) is 25.2 Å². The zero-order valence-corrected chi connectivity index (χ0v) is 21.3. The lowest BCUT2D eigenvalue weighted by Crippen LogP contribution is -2.33. The summed E-state index contributed by atoms with van der Waals surface area (Å²) in [4.78, 5) is 18.6. The number of carbonyl (C=O) groups excluding carboxylic acids is 1. The molecule has 3 heterocycles. The van der Waals surface area contributed by atoms with Crippen molar-refractivity contribution in [1.29, 1.82) is 0 Å². The third-order valence-electron chi connectivity index (χ3n) is 6.60. The van der Waals surface area contributed by atoms with Crippen molar-refractivity contribution < 1.29 is 36.2 Å². The number of anilines is 1. The number of hydrogen-bond acceptors (Lipinski definition) is 6. The standard InChI is InChI=1S/C28H25F4N3O4/c1-15-20-10-21-23(39-26(25(21)27(36)33-2)16-4-7-18(29)8-5-16)11-22(20)35(3)13-19(38-15)14-37-24-9-6-17(12-34-24)28(30,31)32/h4-12,15,19H,13-14H2,1-3H3,(H,33,36)/t15-,19-/m0/s1. The first-order valence-electron chi connectivity index (χ1n) is 12.2. The molecule has 0 bridgehead atoms. The van der Waals surface area contributed by atoms with Crippen LogP contribution in [-0.4, -0.2) is 44.2 Å². The Morgan fingerprint density at radius 2 is 1.92 bits per heavy atom. The van der Waals surface area contributed by atoms with Gasteiger partial charge in [-0.2, -0.15) is 13.2 Å². The Bertz CT molecular complexity index is 1500. The Morgan fingerprint density at radius 1 is 1.18 bits per heavy atom. The van der Waals surface area contributed by atoms with Gasteiger partial charge in [0.25, 0.3) is 5.91 Å². The quantitative estimate of drug-likeness (QED) is 0.312. The van der Waals surface area contributed by atoms with E-state index in [9.17, 15) is 22.4 Å². The highest BCUT2D eigenvalue weighted by atomic mass is 19.4. The molecule has 1 N–H and O–H groups in total. The predicted octanol–water partition coefficient (Wildman–Crippen LogP) is 5.99. The van der Waals surface area contributed by atoms with Crippen LogP contribution in [0.2, 0.25) is 0 Å². The van der Waals surface area contributed by atoms with Gasteiger partial charge in [0.2, 0.25) is 5.88 Å². The fraction of sp³-hybridized carbons (Fsp3) is 0.286. The molecule has 0 unspecified atom stereocenters. The van der Waals surface area contributed by atoms with Crippen molar-refractivity contribution >= 4 is 22.6 Å². The Kier molecular flexibility index (Phi) is 6.94. The fourth-order valence-electron chi connectivity index (χ4n) is 4.67.